The minimum atomic E-state index is -3.63. The molecule has 5 nitrogen and oxygen atoms in total. The molecule has 0 radical (unpaired) electrons. The average Bonchev–Trinajstić information content (AvgIpc) is 2.57. The van der Waals surface area contributed by atoms with Crippen molar-refractivity contribution >= 4 is 26.0 Å². The van der Waals surface area contributed by atoms with Crippen LogP contribution in [0.15, 0.2) is 21.5 Å². The third-order valence-corrected chi connectivity index (χ3v) is 8.66. The molecule has 0 saturated heterocycles. The first kappa shape index (κ1) is 17.6. The summed E-state index contributed by atoms with van der Waals surface area (Å²) in [7, 11) is -0.585. The number of ether oxygens (including phenoxy) is 2. The number of benzene rings is 1. The number of nitrogens with one attached hydrogen (secondary N) is 1. The van der Waals surface area contributed by atoms with Crippen LogP contribution in [0.2, 0.25) is 0 Å². The van der Waals surface area contributed by atoms with Crippen LogP contribution in [-0.2, 0) is 10.0 Å². The predicted octanol–water partition coefficient (Wildman–Crippen LogP) is 3.57. The van der Waals surface area contributed by atoms with E-state index < -0.39 is 10.0 Å². The molecule has 0 atom stereocenters. The van der Waals surface area contributed by atoms with Gasteiger partial charge in [0.25, 0.3) is 0 Å². The Morgan fingerprint density at radius 3 is 2.00 bits per heavy atom. The Balaban J connectivity index is 1.62. The van der Waals surface area contributed by atoms with Gasteiger partial charge in [-0.05, 0) is 77.8 Å². The molecule has 0 aromatic heterocycles. The highest BCUT2D eigenvalue weighted by atomic mass is 79.9. The smallest absolute Gasteiger partial charge is 0.242 e. The van der Waals surface area contributed by atoms with Gasteiger partial charge in [0.1, 0.15) is 4.90 Å². The third kappa shape index (κ3) is 3.08. The molecule has 4 saturated carbocycles. The molecule has 0 spiro atoms. The molecule has 4 aliphatic carbocycles. The number of hydrogen-bond donors (Lipinski definition) is 1. The minimum absolute atomic E-state index is 0.0674. The fraction of sp³-hybridized carbons (Fsp3) is 0.667. The van der Waals surface area contributed by atoms with Crippen molar-refractivity contribution in [2.24, 2.45) is 23.7 Å². The van der Waals surface area contributed by atoms with E-state index in [1.165, 1.54) is 52.4 Å². The first-order valence-electron chi connectivity index (χ1n) is 8.85. The summed E-state index contributed by atoms with van der Waals surface area (Å²) in [5, 5.41) is 0. The maximum atomic E-state index is 13.1. The molecule has 4 aliphatic rings. The normalized spacial score (nSPS) is 33.5. The number of sulfonamides is 1. The Labute approximate surface area is 157 Å². The van der Waals surface area contributed by atoms with E-state index in [-0.39, 0.29) is 10.9 Å². The van der Waals surface area contributed by atoms with Gasteiger partial charge in [-0.1, -0.05) is 0 Å². The van der Waals surface area contributed by atoms with E-state index in [1.54, 1.807) is 6.07 Å². The SMILES string of the molecule is COc1cc(Br)c(S(=O)(=O)NC2C3CC4CC(C3)CC2C4)cc1OC. The molecule has 0 amide bonds. The second kappa shape index (κ2) is 6.43. The van der Waals surface area contributed by atoms with Crippen molar-refractivity contribution in [3.05, 3.63) is 16.6 Å². The fourth-order valence-electron chi connectivity index (χ4n) is 5.40. The molecule has 4 bridgehead atoms. The quantitative estimate of drug-likeness (QED) is 0.776. The highest BCUT2D eigenvalue weighted by Gasteiger charge is 2.49. The van der Waals surface area contributed by atoms with Gasteiger partial charge in [0.15, 0.2) is 11.5 Å². The Kier molecular flexibility index (Phi) is 4.53. The minimum Gasteiger partial charge on any atom is -0.493 e. The molecule has 0 aliphatic heterocycles. The van der Waals surface area contributed by atoms with Gasteiger partial charge in [-0.25, -0.2) is 13.1 Å². The van der Waals surface area contributed by atoms with Gasteiger partial charge in [-0.2, -0.15) is 0 Å². The van der Waals surface area contributed by atoms with E-state index in [0.717, 1.165) is 11.8 Å². The van der Waals surface area contributed by atoms with Gasteiger partial charge in [0, 0.05) is 16.6 Å². The van der Waals surface area contributed by atoms with Crippen LogP contribution in [-0.4, -0.2) is 28.7 Å². The zero-order valence-electron chi connectivity index (χ0n) is 14.5. The van der Waals surface area contributed by atoms with Crippen molar-refractivity contribution in [1.29, 1.82) is 0 Å². The molecule has 25 heavy (non-hydrogen) atoms. The van der Waals surface area contributed by atoms with Crippen molar-refractivity contribution in [3.63, 3.8) is 0 Å². The Bertz CT molecular complexity index is 752. The predicted molar refractivity (Wildman–Crippen MR) is 98.4 cm³/mol. The summed E-state index contributed by atoms with van der Waals surface area (Å²) in [6, 6.07) is 3.24. The zero-order chi connectivity index (χ0) is 17.8. The molecular weight excluding hydrogens is 406 g/mol. The van der Waals surface area contributed by atoms with Crippen LogP contribution >= 0.6 is 15.9 Å². The average molecular weight is 430 g/mol. The first-order valence-corrected chi connectivity index (χ1v) is 11.1. The van der Waals surface area contributed by atoms with Crippen LogP contribution in [0, 0.1) is 23.7 Å². The van der Waals surface area contributed by atoms with Crippen molar-refractivity contribution in [2.75, 3.05) is 14.2 Å². The maximum Gasteiger partial charge on any atom is 0.242 e. The van der Waals surface area contributed by atoms with E-state index in [9.17, 15) is 8.42 Å². The number of halogens is 1. The van der Waals surface area contributed by atoms with Gasteiger partial charge in [0.05, 0.1) is 14.2 Å². The molecule has 1 N–H and O–H groups in total. The summed E-state index contributed by atoms with van der Waals surface area (Å²) >= 11 is 3.38. The monoisotopic (exact) mass is 429 g/mol. The fourth-order valence-corrected chi connectivity index (χ4v) is 7.81. The van der Waals surface area contributed by atoms with Crippen molar-refractivity contribution in [3.8, 4) is 11.5 Å². The number of rotatable bonds is 5. The molecule has 1 aromatic carbocycles. The molecule has 1 aromatic rings. The largest absolute Gasteiger partial charge is 0.493 e. The Morgan fingerprint density at radius 2 is 1.48 bits per heavy atom. The number of hydrogen-bond acceptors (Lipinski definition) is 4. The van der Waals surface area contributed by atoms with Crippen LogP contribution in [0.25, 0.3) is 0 Å². The lowest BCUT2D eigenvalue weighted by Crippen LogP contribution is -2.55. The summed E-state index contributed by atoms with van der Waals surface area (Å²) < 4.78 is 40.2. The Hall–Kier alpha value is -0.790. The van der Waals surface area contributed by atoms with E-state index in [4.69, 9.17) is 9.47 Å². The molecule has 5 rings (SSSR count). The summed E-state index contributed by atoms with van der Waals surface area (Å²) in [6.07, 6.45) is 6.05. The van der Waals surface area contributed by atoms with Crippen LogP contribution in [0.3, 0.4) is 0 Å². The molecule has 0 unspecified atom stereocenters. The zero-order valence-corrected chi connectivity index (χ0v) is 16.9. The number of methoxy groups -OCH3 is 2. The standard InChI is InChI=1S/C18H24BrNO4S/c1-23-15-8-14(19)17(9-16(15)24-2)25(21,22)20-18-12-4-10-3-11(6-12)7-13(18)5-10/h8-13,18,20H,3-7H2,1-2H3. The van der Waals surface area contributed by atoms with Crippen molar-refractivity contribution in [1.82, 2.24) is 4.72 Å². The summed E-state index contributed by atoms with van der Waals surface area (Å²) in [5.41, 5.74) is 0. The third-order valence-electron chi connectivity index (χ3n) is 6.25. The summed E-state index contributed by atoms with van der Waals surface area (Å²) in [5.74, 6) is 3.53. The molecule has 7 heteroatoms. The van der Waals surface area contributed by atoms with E-state index in [2.05, 4.69) is 20.7 Å². The maximum absolute atomic E-state index is 13.1. The van der Waals surface area contributed by atoms with Gasteiger partial charge in [0.2, 0.25) is 10.0 Å². The highest BCUT2D eigenvalue weighted by Crippen LogP contribution is 2.54. The van der Waals surface area contributed by atoms with Crippen molar-refractivity contribution in [2.45, 2.75) is 43.0 Å². The van der Waals surface area contributed by atoms with Crippen LogP contribution in [0.4, 0.5) is 0 Å². The van der Waals surface area contributed by atoms with Crippen LogP contribution in [0.1, 0.15) is 32.1 Å². The second-order valence-corrected chi connectivity index (χ2v) is 10.3. The van der Waals surface area contributed by atoms with Gasteiger partial charge >= 0.3 is 0 Å². The lowest BCUT2D eigenvalue weighted by molar-refractivity contribution is -0.00558. The van der Waals surface area contributed by atoms with E-state index in [1.807, 2.05) is 0 Å². The van der Waals surface area contributed by atoms with E-state index in [0.29, 0.717) is 27.8 Å². The lowest BCUT2D eigenvalue weighted by Gasteiger charge is -2.54. The van der Waals surface area contributed by atoms with Gasteiger partial charge in [-0.3, -0.25) is 0 Å². The topological polar surface area (TPSA) is 64.6 Å². The second-order valence-electron chi connectivity index (χ2n) is 7.72. The van der Waals surface area contributed by atoms with E-state index >= 15 is 0 Å². The Morgan fingerprint density at radius 1 is 0.960 bits per heavy atom. The molecule has 138 valence electrons. The molecular formula is C18H24BrNO4S. The summed E-state index contributed by atoms with van der Waals surface area (Å²) in [6.45, 7) is 0. The molecule has 0 heterocycles. The van der Waals surface area contributed by atoms with Gasteiger partial charge < -0.3 is 9.47 Å². The highest BCUT2D eigenvalue weighted by molar-refractivity contribution is 9.10. The lowest BCUT2D eigenvalue weighted by atomic mass is 9.54. The van der Waals surface area contributed by atoms with Crippen molar-refractivity contribution < 1.29 is 17.9 Å². The summed E-state index contributed by atoms with van der Waals surface area (Å²) in [4.78, 5) is 0.207. The van der Waals surface area contributed by atoms with Gasteiger partial charge in [-0.15, -0.1) is 0 Å². The van der Waals surface area contributed by atoms with Crippen LogP contribution < -0.4 is 14.2 Å². The van der Waals surface area contributed by atoms with Crippen LogP contribution in [0.5, 0.6) is 11.5 Å². The first-order chi connectivity index (χ1) is 11.9. The molecule has 4 fully saturated rings.